The third-order valence-corrected chi connectivity index (χ3v) is 3.64. The van der Waals surface area contributed by atoms with E-state index in [1.807, 2.05) is 0 Å². The number of ether oxygens (including phenoxy) is 1. The zero-order chi connectivity index (χ0) is 22.8. The van der Waals surface area contributed by atoms with Crippen LogP contribution in [0, 0.1) is 0 Å². The maximum Gasteiger partial charge on any atom is 0.346 e. The second-order valence-corrected chi connectivity index (χ2v) is 6.73. The van der Waals surface area contributed by atoms with Crippen molar-refractivity contribution in [3.8, 4) is 5.75 Å². The predicted molar refractivity (Wildman–Crippen MR) is 112 cm³/mol. The van der Waals surface area contributed by atoms with Gasteiger partial charge in [0.25, 0.3) is 5.91 Å². The van der Waals surface area contributed by atoms with Gasteiger partial charge in [0, 0.05) is 6.04 Å². The van der Waals surface area contributed by atoms with E-state index >= 15 is 0 Å². The van der Waals surface area contributed by atoms with Gasteiger partial charge in [-0.05, 0) is 55.8 Å². The average molecular weight is 428 g/mol. The number of amides is 1. The fourth-order valence-electron chi connectivity index (χ4n) is 2.37. The van der Waals surface area contributed by atoms with Crippen molar-refractivity contribution >= 4 is 29.5 Å². The fraction of sp³-hybridized carbons (Fsp3) is 0.238. The standard InChI is InChI=1S/C21H24N4O6/c1-13(2)24-18(26)12-29-31-19(27)11-14-3-9-17(10-4-14)30-20(28)15-5-7-16(8-6-15)25-21(22)23/h3-10,13H,11-12H2,1-2H3,(H,24,26)(H4,22,23,25). The minimum absolute atomic E-state index is 0.0385. The first-order valence-corrected chi connectivity index (χ1v) is 9.35. The second kappa shape index (κ2) is 11.3. The normalized spacial score (nSPS) is 10.3. The summed E-state index contributed by atoms with van der Waals surface area (Å²) in [6.45, 7) is 3.22. The number of nitrogens with two attached hydrogens (primary N) is 2. The van der Waals surface area contributed by atoms with Crippen molar-refractivity contribution < 1.29 is 28.9 Å². The Morgan fingerprint density at radius 1 is 1.00 bits per heavy atom. The topological polar surface area (TPSA) is 155 Å². The maximum absolute atomic E-state index is 12.2. The smallest absolute Gasteiger partial charge is 0.346 e. The van der Waals surface area contributed by atoms with Gasteiger partial charge in [0.05, 0.1) is 17.7 Å². The average Bonchev–Trinajstić information content (AvgIpc) is 2.69. The highest BCUT2D eigenvalue weighted by atomic mass is 17.2. The number of hydrogen-bond acceptors (Lipinski definition) is 7. The van der Waals surface area contributed by atoms with Gasteiger partial charge in [-0.1, -0.05) is 12.1 Å². The second-order valence-electron chi connectivity index (χ2n) is 6.73. The molecule has 31 heavy (non-hydrogen) atoms. The molecule has 0 aliphatic carbocycles. The number of guanidine groups is 1. The van der Waals surface area contributed by atoms with E-state index in [0.29, 0.717) is 22.6 Å². The minimum Gasteiger partial charge on any atom is -0.423 e. The summed E-state index contributed by atoms with van der Waals surface area (Å²) in [6.07, 6.45) is -0.0771. The summed E-state index contributed by atoms with van der Waals surface area (Å²) < 4.78 is 5.29. The molecule has 0 aromatic heterocycles. The summed E-state index contributed by atoms with van der Waals surface area (Å²) in [4.78, 5) is 48.5. The zero-order valence-corrected chi connectivity index (χ0v) is 17.2. The molecule has 2 aromatic rings. The molecule has 0 radical (unpaired) electrons. The van der Waals surface area contributed by atoms with E-state index in [1.54, 1.807) is 50.2 Å². The van der Waals surface area contributed by atoms with E-state index in [0.717, 1.165) is 0 Å². The van der Waals surface area contributed by atoms with Crippen molar-refractivity contribution in [3.63, 3.8) is 0 Å². The van der Waals surface area contributed by atoms with Crippen LogP contribution in [0.25, 0.3) is 0 Å². The highest BCUT2D eigenvalue weighted by Crippen LogP contribution is 2.17. The number of esters is 1. The molecule has 0 heterocycles. The molecule has 0 aliphatic rings. The lowest BCUT2D eigenvalue weighted by Crippen LogP contribution is -2.33. The molecular formula is C21H24N4O6. The summed E-state index contributed by atoms with van der Waals surface area (Å²) in [5.41, 5.74) is 12.0. The van der Waals surface area contributed by atoms with Crippen LogP contribution >= 0.6 is 0 Å². The highest BCUT2D eigenvalue weighted by Gasteiger charge is 2.11. The third kappa shape index (κ3) is 8.54. The number of rotatable bonds is 9. The first-order chi connectivity index (χ1) is 14.7. The van der Waals surface area contributed by atoms with Crippen LogP contribution in [0.4, 0.5) is 5.69 Å². The van der Waals surface area contributed by atoms with Crippen molar-refractivity contribution in [2.45, 2.75) is 26.3 Å². The molecule has 1 amide bonds. The van der Waals surface area contributed by atoms with Gasteiger partial charge in [-0.25, -0.2) is 14.6 Å². The molecule has 0 spiro atoms. The van der Waals surface area contributed by atoms with Crippen LogP contribution in [-0.4, -0.2) is 36.5 Å². The van der Waals surface area contributed by atoms with Crippen molar-refractivity contribution in [1.29, 1.82) is 0 Å². The molecule has 0 aliphatic heterocycles. The Bertz CT molecular complexity index is 935. The largest absolute Gasteiger partial charge is 0.423 e. The molecule has 0 saturated heterocycles. The lowest BCUT2D eigenvalue weighted by atomic mass is 10.1. The highest BCUT2D eigenvalue weighted by molar-refractivity contribution is 5.91. The van der Waals surface area contributed by atoms with Gasteiger partial charge < -0.3 is 21.5 Å². The van der Waals surface area contributed by atoms with Gasteiger partial charge in [0.1, 0.15) is 5.75 Å². The number of carbonyl (C=O) groups excluding carboxylic acids is 3. The van der Waals surface area contributed by atoms with Crippen molar-refractivity contribution in [3.05, 3.63) is 59.7 Å². The Balaban J connectivity index is 1.82. The lowest BCUT2D eigenvalue weighted by Gasteiger charge is -2.08. The van der Waals surface area contributed by atoms with E-state index in [9.17, 15) is 14.4 Å². The van der Waals surface area contributed by atoms with E-state index < -0.39 is 11.9 Å². The third-order valence-electron chi connectivity index (χ3n) is 3.64. The molecule has 0 fully saturated rings. The summed E-state index contributed by atoms with van der Waals surface area (Å²) in [5.74, 6) is -1.39. The van der Waals surface area contributed by atoms with Crippen LogP contribution < -0.4 is 21.5 Å². The number of nitrogens with one attached hydrogen (secondary N) is 1. The minimum atomic E-state index is -0.664. The molecule has 0 atom stereocenters. The molecule has 0 unspecified atom stereocenters. The Hall–Kier alpha value is -3.92. The Labute approximate surface area is 179 Å². The maximum atomic E-state index is 12.2. The number of aliphatic imine (C=N–C) groups is 1. The fourth-order valence-corrected chi connectivity index (χ4v) is 2.37. The van der Waals surface area contributed by atoms with Gasteiger partial charge in [0.15, 0.2) is 12.6 Å². The van der Waals surface area contributed by atoms with Crippen molar-refractivity contribution in [1.82, 2.24) is 5.32 Å². The van der Waals surface area contributed by atoms with Gasteiger partial charge in [-0.2, -0.15) is 4.89 Å². The number of hydrogen-bond donors (Lipinski definition) is 3. The van der Waals surface area contributed by atoms with Crippen LogP contribution in [0.1, 0.15) is 29.8 Å². The van der Waals surface area contributed by atoms with Gasteiger partial charge in [0.2, 0.25) is 0 Å². The summed E-state index contributed by atoms with van der Waals surface area (Å²) >= 11 is 0. The molecule has 5 N–H and O–H groups in total. The summed E-state index contributed by atoms with van der Waals surface area (Å²) in [5, 5.41) is 2.60. The molecule has 2 rings (SSSR count). The van der Waals surface area contributed by atoms with Crippen LogP contribution in [0.3, 0.4) is 0 Å². The monoisotopic (exact) mass is 428 g/mol. The molecule has 10 nitrogen and oxygen atoms in total. The number of benzene rings is 2. The summed E-state index contributed by atoms with van der Waals surface area (Å²) in [6, 6.07) is 12.5. The van der Waals surface area contributed by atoms with E-state index in [2.05, 4.69) is 20.1 Å². The SMILES string of the molecule is CC(C)NC(=O)COOC(=O)Cc1ccc(OC(=O)c2ccc(N=C(N)N)cc2)cc1. The van der Waals surface area contributed by atoms with E-state index in [-0.39, 0.29) is 30.9 Å². The molecule has 0 bridgehead atoms. The molecule has 164 valence electrons. The predicted octanol–water partition coefficient (Wildman–Crippen LogP) is 1.35. The van der Waals surface area contributed by atoms with Crippen molar-refractivity contribution in [2.24, 2.45) is 16.5 Å². The Morgan fingerprint density at radius 3 is 2.23 bits per heavy atom. The molecule has 0 saturated carbocycles. The van der Waals surface area contributed by atoms with Gasteiger partial charge in [-0.15, -0.1) is 0 Å². The van der Waals surface area contributed by atoms with Gasteiger partial charge in [-0.3, -0.25) is 9.68 Å². The van der Waals surface area contributed by atoms with Gasteiger partial charge >= 0.3 is 11.9 Å². The van der Waals surface area contributed by atoms with Crippen molar-refractivity contribution in [2.75, 3.05) is 6.61 Å². The molecular weight excluding hydrogens is 404 g/mol. The van der Waals surface area contributed by atoms with E-state index in [4.69, 9.17) is 16.2 Å². The van der Waals surface area contributed by atoms with Crippen LogP contribution in [0.5, 0.6) is 5.75 Å². The first-order valence-electron chi connectivity index (χ1n) is 9.35. The van der Waals surface area contributed by atoms with E-state index in [1.165, 1.54) is 12.1 Å². The summed E-state index contributed by atoms with van der Waals surface area (Å²) in [7, 11) is 0. The Morgan fingerprint density at radius 2 is 1.65 bits per heavy atom. The first kappa shape index (κ1) is 23.4. The van der Waals surface area contributed by atoms with Crippen LogP contribution in [-0.2, 0) is 25.8 Å². The Kier molecular flexibility index (Phi) is 8.52. The quantitative estimate of drug-likeness (QED) is 0.135. The van der Waals surface area contributed by atoms with Crippen LogP contribution in [0.15, 0.2) is 53.5 Å². The zero-order valence-electron chi connectivity index (χ0n) is 17.2. The van der Waals surface area contributed by atoms with Crippen LogP contribution in [0.2, 0.25) is 0 Å². The number of nitrogens with zero attached hydrogens (tertiary/aromatic N) is 1. The molecule has 10 heteroatoms. The number of carbonyl (C=O) groups is 3. The lowest BCUT2D eigenvalue weighted by molar-refractivity contribution is -0.267. The molecule has 2 aromatic carbocycles.